The Balaban J connectivity index is 1.32. The molecule has 2 fully saturated rings. The summed E-state index contributed by atoms with van der Waals surface area (Å²) in [5.74, 6) is -0.0956. The summed E-state index contributed by atoms with van der Waals surface area (Å²) in [6.07, 6.45) is 3.50. The van der Waals surface area contributed by atoms with Crippen LogP contribution in [0.15, 0.2) is 28.9 Å². The molecule has 1 saturated heterocycles. The van der Waals surface area contributed by atoms with E-state index in [-0.39, 0.29) is 31.3 Å². The van der Waals surface area contributed by atoms with Crippen molar-refractivity contribution in [2.75, 3.05) is 6.54 Å². The molecule has 3 atom stereocenters. The van der Waals surface area contributed by atoms with Gasteiger partial charge in [-0.05, 0) is 36.5 Å². The van der Waals surface area contributed by atoms with Crippen LogP contribution in [-0.4, -0.2) is 60.5 Å². The summed E-state index contributed by atoms with van der Waals surface area (Å²) < 4.78 is 3.62. The highest BCUT2D eigenvalue weighted by molar-refractivity contribution is 9.10. The molecule has 2 N–H and O–H groups in total. The van der Waals surface area contributed by atoms with Crippen molar-refractivity contribution in [2.24, 2.45) is 5.41 Å². The number of β-amino-alcohol motifs (C(OH)–C–C–N with tert-alkyl or cyclic N) is 1. The monoisotopic (exact) mass is 560 g/mol. The van der Waals surface area contributed by atoms with Crippen LogP contribution < -0.4 is 5.32 Å². The molecule has 1 saturated carbocycles. The Bertz CT molecular complexity index is 1260. The average Bonchev–Trinajstić information content (AvgIpc) is 3.19. The molecule has 11 heteroatoms. The van der Waals surface area contributed by atoms with Crippen molar-refractivity contribution in [2.45, 2.75) is 70.7 Å². The third kappa shape index (κ3) is 5.12. The zero-order chi connectivity index (χ0) is 24.9. The number of aliphatic hydroxyl groups excluding tert-OH is 1. The number of fused-ring (bicyclic) bond motifs is 1. The van der Waals surface area contributed by atoms with Gasteiger partial charge >= 0.3 is 0 Å². The molecule has 9 nitrogen and oxygen atoms in total. The molecule has 2 aliphatic rings. The summed E-state index contributed by atoms with van der Waals surface area (Å²) in [5.41, 5.74) is 1.31. The fourth-order valence-corrected chi connectivity index (χ4v) is 5.87. The van der Waals surface area contributed by atoms with Crippen molar-refractivity contribution in [1.82, 2.24) is 30.2 Å². The molecule has 3 heterocycles. The minimum atomic E-state index is -0.757. The van der Waals surface area contributed by atoms with Gasteiger partial charge in [0.2, 0.25) is 11.8 Å². The second-order valence-corrected chi connectivity index (χ2v) is 12.5. The van der Waals surface area contributed by atoms with Gasteiger partial charge in [0.1, 0.15) is 17.1 Å². The van der Waals surface area contributed by atoms with Crippen molar-refractivity contribution in [3.05, 3.63) is 39.6 Å². The van der Waals surface area contributed by atoms with Crippen LogP contribution in [0.1, 0.15) is 62.7 Å². The quantitative estimate of drug-likeness (QED) is 0.477. The maximum atomic E-state index is 13.8. The molecule has 5 rings (SSSR count). The summed E-state index contributed by atoms with van der Waals surface area (Å²) in [7, 11) is 0. The van der Waals surface area contributed by atoms with E-state index in [1.807, 2.05) is 45.2 Å². The summed E-state index contributed by atoms with van der Waals surface area (Å²) >= 11 is 4.97. The van der Waals surface area contributed by atoms with Gasteiger partial charge in [-0.25, -0.2) is 9.67 Å². The number of hydrogen-bond acceptors (Lipinski definition) is 7. The first-order valence-corrected chi connectivity index (χ1v) is 13.4. The van der Waals surface area contributed by atoms with E-state index in [0.29, 0.717) is 5.92 Å². The number of amides is 2. The van der Waals surface area contributed by atoms with Crippen LogP contribution in [0.3, 0.4) is 0 Å². The molecule has 1 aliphatic carbocycles. The summed E-state index contributed by atoms with van der Waals surface area (Å²) in [5, 5.41) is 22.7. The molecule has 1 aromatic carbocycles. The van der Waals surface area contributed by atoms with Crippen LogP contribution in [0.25, 0.3) is 10.2 Å². The predicted octanol–water partition coefficient (Wildman–Crippen LogP) is 3.39. The van der Waals surface area contributed by atoms with E-state index in [0.717, 1.165) is 38.2 Å². The highest BCUT2D eigenvalue weighted by Gasteiger charge is 2.45. The number of thiazole rings is 1. The van der Waals surface area contributed by atoms with Gasteiger partial charge in [-0.2, -0.15) is 0 Å². The molecular formula is C24H29BrN6O3S. The topological polar surface area (TPSA) is 113 Å². The lowest BCUT2D eigenvalue weighted by Gasteiger charge is -2.34. The van der Waals surface area contributed by atoms with Gasteiger partial charge in [-0.1, -0.05) is 41.9 Å². The lowest BCUT2D eigenvalue weighted by molar-refractivity contribution is -0.144. The third-order valence-electron chi connectivity index (χ3n) is 6.51. The van der Waals surface area contributed by atoms with Gasteiger partial charge in [-0.15, -0.1) is 16.4 Å². The number of carbonyl (C=O) groups is 2. The second kappa shape index (κ2) is 9.25. The maximum absolute atomic E-state index is 13.8. The van der Waals surface area contributed by atoms with Crippen molar-refractivity contribution in [1.29, 1.82) is 0 Å². The summed E-state index contributed by atoms with van der Waals surface area (Å²) in [4.78, 5) is 33.1. The normalized spacial score (nSPS) is 21.5. The lowest BCUT2D eigenvalue weighted by Crippen LogP contribution is -2.50. The van der Waals surface area contributed by atoms with Crippen LogP contribution in [-0.2, 0) is 16.1 Å². The van der Waals surface area contributed by atoms with Crippen molar-refractivity contribution < 1.29 is 14.7 Å². The number of carbonyl (C=O) groups excluding carboxylic acids is 2. The van der Waals surface area contributed by atoms with Crippen molar-refractivity contribution in [3.8, 4) is 0 Å². The Labute approximate surface area is 216 Å². The number of rotatable bonds is 6. The van der Waals surface area contributed by atoms with E-state index in [1.165, 1.54) is 16.2 Å². The fourth-order valence-electron chi connectivity index (χ4n) is 4.63. The van der Waals surface area contributed by atoms with Gasteiger partial charge in [0.05, 0.1) is 28.6 Å². The van der Waals surface area contributed by atoms with E-state index in [9.17, 15) is 14.7 Å². The molecule has 0 bridgehead atoms. The van der Waals surface area contributed by atoms with Crippen LogP contribution in [0.4, 0.5) is 0 Å². The number of aliphatic hydroxyl groups is 1. The second-order valence-electron chi connectivity index (χ2n) is 10.5. The number of nitrogens with zero attached hydrogens (tertiary/aromatic N) is 5. The predicted molar refractivity (Wildman–Crippen MR) is 136 cm³/mol. The molecule has 0 radical (unpaired) electrons. The Morgan fingerprint density at radius 3 is 2.80 bits per heavy atom. The molecular weight excluding hydrogens is 532 g/mol. The molecule has 186 valence electrons. The number of hydrogen-bond donors (Lipinski definition) is 2. The summed E-state index contributed by atoms with van der Waals surface area (Å²) in [6.45, 7) is 6.30. The zero-order valence-electron chi connectivity index (χ0n) is 19.9. The molecule has 0 spiro atoms. The van der Waals surface area contributed by atoms with Crippen LogP contribution in [0.2, 0.25) is 0 Å². The molecule has 35 heavy (non-hydrogen) atoms. The Kier molecular flexibility index (Phi) is 6.43. The van der Waals surface area contributed by atoms with Gasteiger partial charge in [0.25, 0.3) is 0 Å². The number of benzene rings is 1. The average molecular weight is 562 g/mol. The highest BCUT2D eigenvalue weighted by Crippen LogP contribution is 2.40. The van der Waals surface area contributed by atoms with Crippen molar-refractivity contribution in [3.63, 3.8) is 0 Å². The summed E-state index contributed by atoms with van der Waals surface area (Å²) in [6, 6.07) is 4.50. The molecule has 1 aliphatic heterocycles. The number of halogens is 1. The van der Waals surface area contributed by atoms with Crippen LogP contribution in [0, 0.1) is 5.41 Å². The van der Waals surface area contributed by atoms with Crippen molar-refractivity contribution >= 4 is 49.3 Å². The number of nitrogens with one attached hydrogen (secondary N) is 1. The number of aromatic nitrogens is 4. The molecule has 2 aromatic heterocycles. The van der Waals surface area contributed by atoms with Gasteiger partial charge in [-0.3, -0.25) is 9.59 Å². The highest BCUT2D eigenvalue weighted by atomic mass is 79.9. The first-order chi connectivity index (χ1) is 16.6. The van der Waals surface area contributed by atoms with E-state index >= 15 is 0 Å². The first kappa shape index (κ1) is 24.3. The first-order valence-electron chi connectivity index (χ1n) is 11.8. The van der Waals surface area contributed by atoms with Crippen LogP contribution >= 0.6 is 27.3 Å². The minimum absolute atomic E-state index is 0.114. The van der Waals surface area contributed by atoms with Gasteiger partial charge < -0.3 is 15.3 Å². The molecule has 2 unspecified atom stereocenters. The SMILES string of the molecule is CC(C)(C)[C@@H](C(=O)N1CC(O)CC1C(=O)NCc1nc2cc(Br)ccc2s1)n1cc(C2CC2)nn1. The Hall–Kier alpha value is -2.37. The molecule has 2 amide bonds. The number of likely N-dealkylation sites (tertiary alicyclic amines) is 1. The maximum Gasteiger partial charge on any atom is 0.248 e. The fraction of sp³-hybridized carbons (Fsp3) is 0.542. The van der Waals surface area contributed by atoms with E-state index in [1.54, 1.807) is 4.68 Å². The van der Waals surface area contributed by atoms with E-state index < -0.39 is 23.6 Å². The van der Waals surface area contributed by atoms with Gasteiger partial charge in [0, 0.05) is 29.6 Å². The van der Waals surface area contributed by atoms with Gasteiger partial charge in [0.15, 0.2) is 0 Å². The lowest BCUT2D eigenvalue weighted by atomic mass is 9.85. The Morgan fingerprint density at radius 2 is 2.09 bits per heavy atom. The zero-order valence-corrected chi connectivity index (χ0v) is 22.3. The largest absolute Gasteiger partial charge is 0.391 e. The van der Waals surface area contributed by atoms with Crippen LogP contribution in [0.5, 0.6) is 0 Å². The van der Waals surface area contributed by atoms with E-state index in [2.05, 4.69) is 36.5 Å². The Morgan fingerprint density at radius 1 is 1.31 bits per heavy atom. The van der Waals surface area contributed by atoms with E-state index in [4.69, 9.17) is 0 Å². The third-order valence-corrected chi connectivity index (χ3v) is 8.04. The minimum Gasteiger partial charge on any atom is -0.391 e. The standard InChI is InChI=1S/C24H29BrN6O3S/c1-24(2,3)21(31-12-17(28-29-31)13-4-5-13)23(34)30-11-15(32)9-18(30)22(33)26-10-20-27-16-8-14(25)6-7-19(16)35-20/h6-8,12-13,15,18,21,32H,4-5,9-11H2,1-3H3,(H,26,33)/t15?,18?,21-/m1/s1. The smallest absolute Gasteiger partial charge is 0.248 e. The molecule has 3 aromatic rings.